The minimum atomic E-state index is -0.688. The second kappa shape index (κ2) is 11.3. The number of halogens is 1. The molecule has 4 heteroatoms. The van der Waals surface area contributed by atoms with E-state index >= 15 is 0 Å². The van der Waals surface area contributed by atoms with Gasteiger partial charge < -0.3 is 0 Å². The number of imidazole rings is 1. The first-order chi connectivity index (χ1) is 16.1. The van der Waals surface area contributed by atoms with Crippen LogP contribution in [0.4, 0.5) is 0 Å². The summed E-state index contributed by atoms with van der Waals surface area (Å²) in [7, 11) is 7.16. The zero-order valence-electron chi connectivity index (χ0n) is 22.0. The fourth-order valence-electron chi connectivity index (χ4n) is 4.84. The normalized spacial score (nSPS) is 12.3. The van der Waals surface area contributed by atoms with Crippen LogP contribution < -0.4 is 0 Å². The van der Waals surface area contributed by atoms with Crippen molar-refractivity contribution >= 4 is 10.2 Å². The van der Waals surface area contributed by atoms with E-state index in [0.29, 0.717) is 23.7 Å². The average molecular weight is 524 g/mol. The summed E-state index contributed by atoms with van der Waals surface area (Å²) in [5, 5.41) is 0.743. The second-order valence-electron chi connectivity index (χ2n) is 10.1. The Labute approximate surface area is 214 Å². The third-order valence-corrected chi connectivity index (χ3v) is 8.68. The first kappa shape index (κ1) is 26.8. The van der Waals surface area contributed by atoms with Crippen molar-refractivity contribution < 1.29 is 12.1 Å². The fraction of sp³-hybridized carbons (Fsp3) is 0.433. The number of benzene rings is 2. The SMILES string of the molecule is C=C[CH2][Ni]([Cl])=[c]1n(-c2cccc(C(C)C)c2C(C)C)ccn1-c1cccc(C(C)C)c1C(C)C. The Balaban J connectivity index is 2.45. The monoisotopic (exact) mass is 522 g/mol. The van der Waals surface area contributed by atoms with Gasteiger partial charge in [-0.1, -0.05) is 0 Å². The van der Waals surface area contributed by atoms with E-state index in [-0.39, 0.29) is 0 Å². The molecular formula is C30H41ClN2Ni. The molecule has 188 valence electrons. The Morgan fingerprint density at radius 2 is 1.15 bits per heavy atom. The van der Waals surface area contributed by atoms with E-state index in [1.54, 1.807) is 0 Å². The van der Waals surface area contributed by atoms with Crippen molar-refractivity contribution in [2.24, 2.45) is 0 Å². The van der Waals surface area contributed by atoms with Gasteiger partial charge in [-0.15, -0.1) is 0 Å². The molecule has 3 rings (SSSR count). The molecular weight excluding hydrogens is 482 g/mol. The van der Waals surface area contributed by atoms with Crippen LogP contribution in [-0.2, 0) is 12.1 Å². The predicted octanol–water partition coefficient (Wildman–Crippen LogP) is 9.67. The van der Waals surface area contributed by atoms with Gasteiger partial charge in [0.1, 0.15) is 0 Å². The Bertz CT molecular complexity index is 1140. The number of rotatable bonds is 8. The Hall–Kier alpha value is -1.83. The van der Waals surface area contributed by atoms with Crippen molar-refractivity contribution in [1.29, 1.82) is 0 Å². The molecule has 0 fully saturated rings. The molecule has 34 heavy (non-hydrogen) atoms. The summed E-state index contributed by atoms with van der Waals surface area (Å²) in [6, 6.07) is 13.4. The summed E-state index contributed by atoms with van der Waals surface area (Å²) in [6.07, 6.45) is 6.33. The molecule has 2 aromatic carbocycles. The number of hydrogen-bond donors (Lipinski definition) is 0. The van der Waals surface area contributed by atoms with Gasteiger partial charge in [-0.25, -0.2) is 0 Å². The van der Waals surface area contributed by atoms with Crippen LogP contribution in [0.25, 0.3) is 11.4 Å². The van der Waals surface area contributed by atoms with E-state index in [1.165, 1.54) is 33.6 Å². The quantitative estimate of drug-likeness (QED) is 0.205. The molecule has 0 spiro atoms. The number of aromatic nitrogens is 2. The van der Waals surface area contributed by atoms with Gasteiger partial charge in [-0.2, -0.15) is 0 Å². The second-order valence-corrected chi connectivity index (χ2v) is 13.0. The van der Waals surface area contributed by atoms with Crippen LogP contribution in [0, 0.1) is 4.40 Å². The van der Waals surface area contributed by atoms with Gasteiger partial charge in [0.15, 0.2) is 0 Å². The van der Waals surface area contributed by atoms with Crippen LogP contribution in [0.15, 0.2) is 61.4 Å². The zero-order valence-corrected chi connectivity index (χ0v) is 23.8. The molecule has 0 amide bonds. The molecule has 1 aromatic heterocycles. The van der Waals surface area contributed by atoms with Crippen LogP contribution in [0.5, 0.6) is 0 Å². The first-order valence-electron chi connectivity index (χ1n) is 12.3. The van der Waals surface area contributed by atoms with Gasteiger partial charge in [-0.3, -0.25) is 0 Å². The topological polar surface area (TPSA) is 9.86 Å². The summed E-state index contributed by atoms with van der Waals surface area (Å²) in [6.45, 7) is 22.2. The molecule has 0 saturated carbocycles. The standard InChI is InChI=1S/C27H36N2.C3H5.ClH.Ni/c1-18(2)22-11-9-13-24(26(22)20(5)6)28-15-16-29(17-28)25-14-10-12-23(19(3)4)27(25)21(7)8;1-3-2;;/h9-16,18-21H,1-8H3;3H,1-2H2;1H;/q;;;+1/p-1. The van der Waals surface area contributed by atoms with Crippen LogP contribution in [0.2, 0.25) is 5.39 Å². The van der Waals surface area contributed by atoms with Crippen LogP contribution in [0.1, 0.15) is 101 Å². The molecule has 0 aliphatic carbocycles. The maximum atomic E-state index is 7.16. The third kappa shape index (κ3) is 5.22. The van der Waals surface area contributed by atoms with E-state index < -0.39 is 12.1 Å². The molecule has 0 aliphatic heterocycles. The summed E-state index contributed by atoms with van der Waals surface area (Å²) in [4.78, 5) is 0. The summed E-state index contributed by atoms with van der Waals surface area (Å²) in [5.41, 5.74) is 8.07. The molecule has 0 radical (unpaired) electrons. The molecule has 1 heterocycles. The number of allylic oxidation sites excluding steroid dienone is 1. The Kier molecular flexibility index (Phi) is 8.88. The molecule has 0 aliphatic rings. The average Bonchev–Trinajstić information content (AvgIpc) is 3.22. The minimum absolute atomic E-state index is 0.408. The van der Waals surface area contributed by atoms with Crippen LogP contribution >= 0.6 is 10.2 Å². The van der Waals surface area contributed by atoms with Crippen molar-refractivity contribution in [1.82, 2.24) is 9.13 Å². The fourth-order valence-corrected chi connectivity index (χ4v) is 6.93. The summed E-state index contributed by atoms with van der Waals surface area (Å²) >= 11 is -0.688. The van der Waals surface area contributed by atoms with Crippen molar-refractivity contribution in [2.75, 3.05) is 0 Å². The molecule has 0 atom stereocenters. The van der Waals surface area contributed by atoms with Crippen LogP contribution in [-0.4, -0.2) is 9.13 Å². The molecule has 0 saturated heterocycles. The molecule has 0 bridgehead atoms. The van der Waals surface area contributed by atoms with E-state index in [2.05, 4.69) is 120 Å². The number of nitrogens with zero attached hydrogens (tertiary/aromatic N) is 2. The molecule has 0 N–H and O–H groups in total. The van der Waals surface area contributed by atoms with E-state index in [4.69, 9.17) is 10.2 Å². The zero-order chi connectivity index (χ0) is 25.2. The number of hydrogen-bond acceptors (Lipinski definition) is 0. The van der Waals surface area contributed by atoms with Gasteiger partial charge in [0.25, 0.3) is 0 Å². The van der Waals surface area contributed by atoms with Gasteiger partial charge in [0, 0.05) is 0 Å². The summed E-state index contributed by atoms with van der Waals surface area (Å²) < 4.78 is 5.78. The Morgan fingerprint density at radius 1 is 0.735 bits per heavy atom. The molecule has 0 unspecified atom stereocenters. The maximum absolute atomic E-state index is 7.16. The third-order valence-electron chi connectivity index (χ3n) is 6.24. The van der Waals surface area contributed by atoms with E-state index in [9.17, 15) is 0 Å². The van der Waals surface area contributed by atoms with Crippen molar-refractivity contribution in [3.63, 3.8) is 0 Å². The first-order valence-corrected chi connectivity index (χ1v) is 14.9. The van der Waals surface area contributed by atoms with E-state index in [0.717, 1.165) is 9.79 Å². The van der Waals surface area contributed by atoms with Gasteiger partial charge in [0.2, 0.25) is 0 Å². The van der Waals surface area contributed by atoms with Gasteiger partial charge in [0.05, 0.1) is 0 Å². The summed E-state index contributed by atoms with van der Waals surface area (Å²) in [5.74, 6) is 1.74. The Morgan fingerprint density at radius 3 is 1.47 bits per heavy atom. The predicted molar refractivity (Wildman–Crippen MR) is 146 cm³/mol. The van der Waals surface area contributed by atoms with Crippen LogP contribution in [0.3, 0.4) is 0 Å². The van der Waals surface area contributed by atoms with Crippen molar-refractivity contribution in [3.05, 3.63) is 88.1 Å². The van der Waals surface area contributed by atoms with Gasteiger partial charge >= 0.3 is 215 Å². The van der Waals surface area contributed by atoms with Gasteiger partial charge in [-0.05, 0) is 0 Å². The van der Waals surface area contributed by atoms with Crippen molar-refractivity contribution in [2.45, 2.75) is 84.5 Å². The molecule has 3 aromatic rings. The molecule has 2 nitrogen and oxygen atoms in total. The van der Waals surface area contributed by atoms with E-state index in [1.807, 2.05) is 6.08 Å². The van der Waals surface area contributed by atoms with Crippen molar-refractivity contribution in [3.8, 4) is 11.4 Å².